The number of aryl methyl sites for hydroxylation is 1. The third-order valence-electron chi connectivity index (χ3n) is 8.18. The highest BCUT2D eigenvalue weighted by Gasteiger charge is 2.43. The van der Waals surface area contributed by atoms with Crippen LogP contribution in [0.2, 0.25) is 0 Å². The van der Waals surface area contributed by atoms with Crippen LogP contribution < -0.4 is 9.64 Å². The van der Waals surface area contributed by atoms with E-state index in [1.54, 1.807) is 56.3 Å². The molecule has 5 rings (SSSR count). The van der Waals surface area contributed by atoms with Gasteiger partial charge in [0.1, 0.15) is 11.9 Å². The first-order valence-electron chi connectivity index (χ1n) is 14.7. The summed E-state index contributed by atoms with van der Waals surface area (Å²) in [6.07, 6.45) is -11.1. The number of aromatic nitrogens is 2. The molecule has 0 unspecified atom stereocenters. The van der Waals surface area contributed by atoms with Gasteiger partial charge in [-0.15, -0.1) is 0 Å². The van der Waals surface area contributed by atoms with Gasteiger partial charge in [0.15, 0.2) is 0 Å². The summed E-state index contributed by atoms with van der Waals surface area (Å²) in [5.41, 5.74) is -0.0321. The van der Waals surface area contributed by atoms with Crippen LogP contribution in [0.4, 0.5) is 37.1 Å². The molecule has 0 spiro atoms. The van der Waals surface area contributed by atoms with Crippen molar-refractivity contribution in [2.24, 2.45) is 0 Å². The molecule has 1 aliphatic rings. The van der Waals surface area contributed by atoms with Gasteiger partial charge in [-0.3, -0.25) is 4.90 Å². The number of rotatable bonds is 8. The lowest BCUT2D eigenvalue weighted by molar-refractivity contribution is -0.143. The molecule has 0 saturated carbocycles. The molecule has 15 heteroatoms. The van der Waals surface area contributed by atoms with Gasteiger partial charge in [0, 0.05) is 31.4 Å². The lowest BCUT2D eigenvalue weighted by atomic mass is 9.94. The summed E-state index contributed by atoms with van der Waals surface area (Å²) >= 11 is 0. The Morgan fingerprint density at radius 3 is 2.16 bits per heavy atom. The second kappa shape index (κ2) is 12.9. The summed E-state index contributed by atoms with van der Waals surface area (Å²) in [6, 6.07) is 10.1. The van der Waals surface area contributed by atoms with Crippen molar-refractivity contribution in [2.75, 3.05) is 26.1 Å². The topological polar surface area (TPSA) is 105 Å². The normalized spacial score (nSPS) is 16.5. The first kappa shape index (κ1) is 35.0. The van der Waals surface area contributed by atoms with Gasteiger partial charge in [-0.2, -0.15) is 26.3 Å². The van der Waals surface area contributed by atoms with Crippen LogP contribution in [-0.2, 0) is 23.6 Å². The molecule has 0 aliphatic carbocycles. The number of methoxy groups -OCH3 is 1. The van der Waals surface area contributed by atoms with Crippen molar-refractivity contribution in [1.82, 2.24) is 14.9 Å². The van der Waals surface area contributed by atoms with Crippen LogP contribution in [-0.4, -0.2) is 59.3 Å². The number of benzene rings is 3. The predicted octanol–water partition coefficient (Wildman–Crippen LogP) is 8.01. The third kappa shape index (κ3) is 7.10. The smallest absolute Gasteiger partial charge is 0.416 e. The zero-order chi connectivity index (χ0) is 36.0. The molecule has 0 radical (unpaired) electrons. The number of hydrogen-bond donors (Lipinski definition) is 1. The minimum absolute atomic E-state index is 0.0160. The number of cyclic esters (lactones) is 1. The first-order chi connectivity index (χ1) is 22.9. The van der Waals surface area contributed by atoms with Crippen molar-refractivity contribution in [2.45, 2.75) is 44.9 Å². The van der Waals surface area contributed by atoms with Crippen molar-refractivity contribution >= 4 is 18.0 Å². The van der Waals surface area contributed by atoms with E-state index in [-0.39, 0.29) is 29.8 Å². The van der Waals surface area contributed by atoms with Crippen molar-refractivity contribution in [3.8, 4) is 28.0 Å². The summed E-state index contributed by atoms with van der Waals surface area (Å²) < 4.78 is 92.6. The Labute approximate surface area is 276 Å². The molecule has 4 aromatic rings. The Morgan fingerprint density at radius 1 is 0.959 bits per heavy atom. The average Bonchev–Trinajstić information content (AvgIpc) is 3.31. The molecular weight excluding hydrogens is 658 g/mol. The molecule has 1 aromatic heterocycles. The lowest BCUT2D eigenvalue weighted by Crippen LogP contribution is -2.32. The molecule has 49 heavy (non-hydrogen) atoms. The average molecular weight is 689 g/mol. The van der Waals surface area contributed by atoms with Gasteiger partial charge in [0.25, 0.3) is 0 Å². The monoisotopic (exact) mass is 688 g/mol. The Bertz CT molecular complexity index is 1900. The van der Waals surface area contributed by atoms with Gasteiger partial charge in [-0.25, -0.2) is 19.6 Å². The Morgan fingerprint density at radius 2 is 1.61 bits per heavy atom. The summed E-state index contributed by atoms with van der Waals surface area (Å²) in [4.78, 5) is 36.6. The standard InChI is InChI=1S/C34H30F6N4O5/c1-17-10-20(30(45)46)6-8-24(17)19-7-9-28(48-5)25(13-19)26-15-41-31(43(3)4)42-27(26)16-44-18(2)29(49-32(44)47)21-11-22(33(35,36)37)14-23(12-21)34(38,39)40/h6-15,18,29H,16H2,1-5H3,(H,45,46)/t18-,29-/m0/s1. The number of nitrogens with zero attached hydrogens (tertiary/aromatic N) is 4. The van der Waals surface area contributed by atoms with Crippen LogP contribution in [0.1, 0.15) is 51.3 Å². The molecule has 9 nitrogen and oxygen atoms in total. The number of carboxylic acids is 1. The van der Waals surface area contributed by atoms with E-state index in [1.165, 1.54) is 31.2 Å². The van der Waals surface area contributed by atoms with Crippen molar-refractivity contribution in [3.05, 3.63) is 94.3 Å². The fourth-order valence-electron chi connectivity index (χ4n) is 5.64. The minimum Gasteiger partial charge on any atom is -0.496 e. The van der Waals surface area contributed by atoms with Gasteiger partial charge < -0.3 is 19.5 Å². The van der Waals surface area contributed by atoms with Crippen molar-refractivity contribution in [3.63, 3.8) is 0 Å². The van der Waals surface area contributed by atoms with E-state index in [2.05, 4.69) is 9.97 Å². The number of halogens is 6. The Balaban J connectivity index is 1.57. The summed E-state index contributed by atoms with van der Waals surface area (Å²) in [5.74, 6) is -0.401. The summed E-state index contributed by atoms with van der Waals surface area (Å²) in [5, 5.41) is 9.39. The molecule has 2 atom stereocenters. The van der Waals surface area contributed by atoms with Crippen LogP contribution >= 0.6 is 0 Å². The van der Waals surface area contributed by atoms with E-state index in [1.807, 2.05) is 0 Å². The van der Waals surface area contributed by atoms with Gasteiger partial charge in [-0.05, 0) is 78.6 Å². The van der Waals surface area contributed by atoms with Gasteiger partial charge in [-0.1, -0.05) is 12.1 Å². The zero-order valence-electron chi connectivity index (χ0n) is 26.8. The van der Waals surface area contributed by atoms with Gasteiger partial charge in [0.05, 0.1) is 42.1 Å². The van der Waals surface area contributed by atoms with Crippen LogP contribution in [0.3, 0.4) is 0 Å². The van der Waals surface area contributed by atoms with Crippen LogP contribution in [0.15, 0.2) is 60.8 Å². The predicted molar refractivity (Wildman–Crippen MR) is 166 cm³/mol. The molecule has 1 fully saturated rings. The highest BCUT2D eigenvalue weighted by molar-refractivity contribution is 5.89. The molecule has 3 aromatic carbocycles. The van der Waals surface area contributed by atoms with Crippen molar-refractivity contribution in [1.29, 1.82) is 0 Å². The molecule has 0 bridgehead atoms. The number of amides is 1. The Hall–Kier alpha value is -5.34. The largest absolute Gasteiger partial charge is 0.496 e. The van der Waals surface area contributed by atoms with E-state index in [9.17, 15) is 41.0 Å². The van der Waals surface area contributed by atoms with Crippen molar-refractivity contribution < 1.29 is 50.5 Å². The Kier molecular flexibility index (Phi) is 9.23. The quantitative estimate of drug-likeness (QED) is 0.186. The van der Waals surface area contributed by atoms with Crippen LogP contribution in [0, 0.1) is 6.92 Å². The first-order valence-corrected chi connectivity index (χ1v) is 14.7. The second-order valence-electron chi connectivity index (χ2n) is 11.7. The summed E-state index contributed by atoms with van der Waals surface area (Å²) in [7, 11) is 4.84. The minimum atomic E-state index is -5.08. The molecule has 1 aliphatic heterocycles. The van der Waals surface area contributed by atoms with E-state index < -0.39 is 53.3 Å². The molecule has 1 saturated heterocycles. The molecule has 258 valence electrons. The maximum atomic E-state index is 13.6. The maximum absolute atomic E-state index is 13.6. The highest BCUT2D eigenvalue weighted by atomic mass is 19.4. The molecule has 1 amide bonds. The van der Waals surface area contributed by atoms with Gasteiger partial charge >= 0.3 is 24.4 Å². The SMILES string of the molecule is COc1ccc(-c2ccc(C(=O)O)cc2C)cc1-c1cnc(N(C)C)nc1CN1C(=O)O[C@H](c2cc(C(F)(F)F)cc(C(F)(F)F)c2)[C@@H]1C. The van der Waals surface area contributed by atoms with E-state index >= 15 is 0 Å². The lowest BCUT2D eigenvalue weighted by Gasteiger charge is -2.24. The number of carboxylic acid groups (broad SMARTS) is 1. The van der Waals surface area contributed by atoms with E-state index in [4.69, 9.17) is 9.47 Å². The maximum Gasteiger partial charge on any atom is 0.416 e. The second-order valence-corrected chi connectivity index (χ2v) is 11.7. The number of carbonyl (C=O) groups excluding carboxylic acids is 1. The highest BCUT2D eigenvalue weighted by Crippen LogP contribution is 2.42. The number of alkyl halides is 6. The molecule has 2 heterocycles. The molecule has 1 N–H and O–H groups in total. The zero-order valence-corrected chi connectivity index (χ0v) is 26.8. The van der Waals surface area contributed by atoms with Crippen LogP contribution in [0.5, 0.6) is 5.75 Å². The van der Waals surface area contributed by atoms with Crippen LogP contribution in [0.25, 0.3) is 22.3 Å². The fraction of sp³-hybridized carbons (Fsp3) is 0.294. The number of hydrogen-bond acceptors (Lipinski definition) is 7. The fourth-order valence-corrected chi connectivity index (χ4v) is 5.64. The molecular formula is C34H30F6N4O5. The summed E-state index contributed by atoms with van der Waals surface area (Å²) in [6.45, 7) is 2.98. The number of ether oxygens (including phenoxy) is 2. The van der Waals surface area contributed by atoms with E-state index in [0.29, 0.717) is 40.1 Å². The number of aromatic carboxylic acids is 1. The third-order valence-corrected chi connectivity index (χ3v) is 8.18. The van der Waals surface area contributed by atoms with Gasteiger partial charge in [0.2, 0.25) is 5.95 Å². The van der Waals surface area contributed by atoms with E-state index in [0.717, 1.165) is 5.56 Å². The number of carbonyl (C=O) groups is 2. The number of anilines is 1.